The molecule has 0 radical (unpaired) electrons. The van der Waals surface area contributed by atoms with Crippen LogP contribution in [0.4, 0.5) is 0 Å². The van der Waals surface area contributed by atoms with E-state index in [9.17, 15) is 0 Å². The molecule has 208 valence electrons. The van der Waals surface area contributed by atoms with Crippen molar-refractivity contribution in [1.29, 1.82) is 0 Å². The van der Waals surface area contributed by atoms with Gasteiger partial charge in [0.1, 0.15) is 17.8 Å². The summed E-state index contributed by atoms with van der Waals surface area (Å²) in [6, 6.07) is 26.2. The topological polar surface area (TPSA) is 40.2 Å². The second kappa shape index (κ2) is 8.82. The zero-order valence-electron chi connectivity index (χ0n) is 23.8. The maximum Gasteiger partial charge on any atom is 0.165 e. The van der Waals surface area contributed by atoms with Crippen molar-refractivity contribution < 1.29 is 18.9 Å². The summed E-state index contributed by atoms with van der Waals surface area (Å²) in [5.41, 5.74) is 4.95. The van der Waals surface area contributed by atoms with Crippen LogP contribution in [-0.2, 0) is 21.3 Å². The van der Waals surface area contributed by atoms with Crippen molar-refractivity contribution in [1.82, 2.24) is 4.90 Å². The van der Waals surface area contributed by atoms with Gasteiger partial charge in [0, 0.05) is 35.5 Å². The summed E-state index contributed by atoms with van der Waals surface area (Å²) in [6.45, 7) is 1.73. The Hall–Kier alpha value is -2.86. The molecule has 2 aliphatic heterocycles. The maximum atomic E-state index is 7.14. The highest BCUT2D eigenvalue weighted by atomic mass is 16.6. The van der Waals surface area contributed by atoms with E-state index in [0.29, 0.717) is 12.6 Å². The summed E-state index contributed by atoms with van der Waals surface area (Å²) in [5.74, 6) is 2.07. The summed E-state index contributed by atoms with van der Waals surface area (Å²) < 4.78 is 26.7. The Labute approximate surface area is 237 Å². The van der Waals surface area contributed by atoms with E-state index in [2.05, 4.69) is 84.7 Å². The van der Waals surface area contributed by atoms with Crippen LogP contribution in [0.2, 0.25) is 0 Å². The molecule has 4 bridgehead atoms. The van der Waals surface area contributed by atoms with Gasteiger partial charge in [-0.25, -0.2) is 0 Å². The molecular weight excluding hydrogens is 498 g/mol. The van der Waals surface area contributed by atoms with E-state index in [1.165, 1.54) is 28.7 Å². The summed E-state index contributed by atoms with van der Waals surface area (Å²) in [5, 5.41) is 0. The molecule has 0 amide bonds. The van der Waals surface area contributed by atoms with Gasteiger partial charge < -0.3 is 23.8 Å². The molecule has 40 heavy (non-hydrogen) atoms. The molecule has 6 atom stereocenters. The van der Waals surface area contributed by atoms with Crippen molar-refractivity contribution in [2.45, 2.75) is 61.4 Å². The van der Waals surface area contributed by atoms with Crippen molar-refractivity contribution in [3.8, 4) is 11.5 Å². The lowest BCUT2D eigenvalue weighted by atomic mass is 9.35. The molecule has 9 rings (SSSR count). The number of benzene rings is 3. The lowest BCUT2D eigenvalue weighted by Gasteiger charge is -2.73. The Morgan fingerprint density at radius 2 is 1.65 bits per heavy atom. The fourth-order valence-electron chi connectivity index (χ4n) is 10.0. The highest BCUT2D eigenvalue weighted by Gasteiger charge is 2.80. The zero-order chi connectivity index (χ0) is 27.1. The third-order valence-electron chi connectivity index (χ3n) is 11.6. The van der Waals surface area contributed by atoms with Gasteiger partial charge in [-0.05, 0) is 68.5 Å². The normalized spacial score (nSPS) is 35.0. The Kier molecular flexibility index (Phi) is 5.49. The smallest absolute Gasteiger partial charge is 0.165 e. The molecule has 0 unspecified atom stereocenters. The minimum Gasteiger partial charge on any atom is -0.493 e. The number of piperidine rings is 1. The van der Waals surface area contributed by atoms with E-state index in [0.717, 1.165) is 43.7 Å². The van der Waals surface area contributed by atoms with Crippen LogP contribution < -0.4 is 9.47 Å². The number of fused-ring (bicyclic) bond motifs is 2. The number of hydrogen-bond acceptors (Lipinski definition) is 5. The number of likely N-dealkylation sites (N-methyl/N-ethyl adjacent to an activating group) is 1. The molecule has 4 fully saturated rings. The summed E-state index contributed by atoms with van der Waals surface area (Å²) >= 11 is 0. The van der Waals surface area contributed by atoms with Gasteiger partial charge in [-0.15, -0.1) is 0 Å². The molecule has 2 heterocycles. The second-order valence-electron chi connectivity index (χ2n) is 12.8. The third-order valence-corrected chi connectivity index (χ3v) is 11.6. The molecule has 1 saturated heterocycles. The molecule has 2 spiro atoms. The SMILES string of the molecule is COc1ccc2c3c1O[C@H]1[C@@]4(OC)CC[C@@]5(C[C@@H]4COC(c4ccccc4)c4ccccc4)[C@@H](C2)N(C)CC[C@]315. The van der Waals surface area contributed by atoms with Gasteiger partial charge in [0.15, 0.2) is 11.5 Å². The Morgan fingerprint density at radius 3 is 2.33 bits per heavy atom. The van der Waals surface area contributed by atoms with Crippen molar-refractivity contribution in [3.63, 3.8) is 0 Å². The minimum atomic E-state index is -0.404. The second-order valence-corrected chi connectivity index (χ2v) is 12.8. The molecule has 3 saturated carbocycles. The van der Waals surface area contributed by atoms with Crippen LogP contribution in [0.5, 0.6) is 11.5 Å². The van der Waals surface area contributed by atoms with Gasteiger partial charge in [-0.1, -0.05) is 66.7 Å². The highest BCUT2D eigenvalue weighted by Crippen LogP contribution is 2.76. The van der Waals surface area contributed by atoms with E-state index in [-0.39, 0.29) is 29.0 Å². The monoisotopic (exact) mass is 537 g/mol. The number of ether oxygens (including phenoxy) is 4. The maximum absolute atomic E-state index is 7.14. The van der Waals surface area contributed by atoms with Crippen LogP contribution in [-0.4, -0.2) is 57.1 Å². The van der Waals surface area contributed by atoms with Gasteiger partial charge in [0.2, 0.25) is 0 Å². The number of rotatable bonds is 7. The van der Waals surface area contributed by atoms with Crippen LogP contribution in [0, 0.1) is 11.3 Å². The summed E-state index contributed by atoms with van der Waals surface area (Å²) in [7, 11) is 6.02. The first-order valence-corrected chi connectivity index (χ1v) is 14.9. The Morgan fingerprint density at radius 1 is 0.925 bits per heavy atom. The molecule has 6 aliphatic rings. The Bertz CT molecular complexity index is 1390. The fourth-order valence-corrected chi connectivity index (χ4v) is 10.0. The van der Waals surface area contributed by atoms with Crippen LogP contribution in [0.25, 0.3) is 0 Å². The molecule has 3 aromatic rings. The highest BCUT2D eigenvalue weighted by molar-refractivity contribution is 5.63. The Balaban J connectivity index is 1.22. The molecule has 4 aliphatic carbocycles. The summed E-state index contributed by atoms with van der Waals surface area (Å²) in [4.78, 5) is 2.65. The van der Waals surface area contributed by atoms with Gasteiger partial charge in [-0.3, -0.25) is 0 Å². The quantitative estimate of drug-likeness (QED) is 0.373. The molecule has 5 nitrogen and oxygen atoms in total. The number of likely N-dealkylation sites (tertiary alicyclic amines) is 1. The van der Waals surface area contributed by atoms with Crippen molar-refractivity contribution in [2.24, 2.45) is 11.3 Å². The van der Waals surface area contributed by atoms with Crippen LogP contribution in [0.3, 0.4) is 0 Å². The van der Waals surface area contributed by atoms with Crippen molar-refractivity contribution in [2.75, 3.05) is 34.4 Å². The average molecular weight is 538 g/mol. The van der Waals surface area contributed by atoms with E-state index < -0.39 is 5.60 Å². The fraction of sp³-hybridized carbons (Fsp3) is 0.486. The molecular formula is C35H39NO4. The lowest BCUT2D eigenvalue weighted by Crippen LogP contribution is -2.81. The largest absolute Gasteiger partial charge is 0.493 e. The number of hydrogen-bond donors (Lipinski definition) is 0. The van der Waals surface area contributed by atoms with Gasteiger partial charge in [0.05, 0.1) is 13.7 Å². The van der Waals surface area contributed by atoms with Crippen molar-refractivity contribution >= 4 is 0 Å². The average Bonchev–Trinajstić information content (AvgIpc) is 3.37. The zero-order valence-corrected chi connectivity index (χ0v) is 23.8. The van der Waals surface area contributed by atoms with Crippen molar-refractivity contribution in [3.05, 3.63) is 95.1 Å². The van der Waals surface area contributed by atoms with E-state index in [1.54, 1.807) is 7.11 Å². The number of nitrogens with zero attached hydrogens (tertiary/aromatic N) is 1. The number of methoxy groups -OCH3 is 2. The van der Waals surface area contributed by atoms with Gasteiger partial charge >= 0.3 is 0 Å². The third kappa shape index (κ3) is 2.98. The van der Waals surface area contributed by atoms with E-state index >= 15 is 0 Å². The van der Waals surface area contributed by atoms with Crippen LogP contribution >= 0.6 is 0 Å². The standard InChI is InChI=1S/C35H39NO4/c1-36-19-18-34-29-25-14-15-27(37-2)31(29)40-32(34)35(38-3)17-16-33(34,28(36)20-25)21-26(35)22-39-30(23-10-6-4-7-11-23)24-12-8-5-9-13-24/h4-15,26,28,30,32H,16-22H2,1-3H3/t26-,28-,32-,33-,34+,35-/m1/s1. The summed E-state index contributed by atoms with van der Waals surface area (Å²) in [6.07, 6.45) is 5.30. The molecule has 3 aromatic carbocycles. The van der Waals surface area contributed by atoms with E-state index in [4.69, 9.17) is 18.9 Å². The minimum absolute atomic E-state index is 0.0328. The molecule has 5 heteroatoms. The first-order valence-electron chi connectivity index (χ1n) is 14.9. The van der Waals surface area contributed by atoms with Gasteiger partial charge in [-0.2, -0.15) is 0 Å². The van der Waals surface area contributed by atoms with Gasteiger partial charge in [0.25, 0.3) is 0 Å². The first-order chi connectivity index (χ1) is 19.6. The van der Waals surface area contributed by atoms with Crippen LogP contribution in [0.15, 0.2) is 72.8 Å². The van der Waals surface area contributed by atoms with Crippen LogP contribution in [0.1, 0.15) is 54.0 Å². The predicted octanol–water partition coefficient (Wildman–Crippen LogP) is 5.95. The lowest BCUT2D eigenvalue weighted by molar-refractivity contribution is -0.282. The predicted molar refractivity (Wildman–Crippen MR) is 154 cm³/mol. The molecule has 0 aromatic heterocycles. The first kappa shape index (κ1) is 24.9. The van der Waals surface area contributed by atoms with E-state index in [1.807, 2.05) is 7.11 Å². The molecule has 0 N–H and O–H groups in total.